The molecule has 0 radical (unpaired) electrons. The quantitative estimate of drug-likeness (QED) is 0.157. The predicted octanol–water partition coefficient (Wildman–Crippen LogP) is 16.6. The Bertz CT molecular complexity index is 4170. The van der Waals surface area contributed by atoms with Gasteiger partial charge in [0.2, 0.25) is 0 Å². The first kappa shape index (κ1) is 46.1. The SMILES string of the molecule is N#Cc1cc(-n2c3cc(-c4ccccc4C#N)ccc3c3ccc(-c4ccccc4C#N)cc32)c(-c2cccc(C(F)(F)F)c2)c(-n2c3cc(-c4ccccc4C#N)ccc3c3ccc(-c4ccccc4C#N)cc32)c1. The molecule has 0 bridgehead atoms. The molecule has 7 nitrogen and oxygen atoms in total. The van der Waals surface area contributed by atoms with Gasteiger partial charge in [0.15, 0.2) is 0 Å². The van der Waals surface area contributed by atoms with Crippen LogP contribution in [-0.2, 0) is 6.18 Å². The summed E-state index contributed by atoms with van der Waals surface area (Å²) < 4.78 is 49.3. The second kappa shape index (κ2) is 18.3. The van der Waals surface area contributed by atoms with Gasteiger partial charge in [-0.05, 0) is 123 Å². The lowest BCUT2D eigenvalue weighted by atomic mass is 9.96. The first-order valence-corrected chi connectivity index (χ1v) is 24.0. The second-order valence-corrected chi connectivity index (χ2v) is 18.3. The third-order valence-corrected chi connectivity index (χ3v) is 14.2. The number of alkyl halides is 3. The molecule has 2 aromatic heterocycles. The Kier molecular flexibility index (Phi) is 11.1. The molecule has 0 saturated carbocycles. The van der Waals surface area contributed by atoms with Crippen LogP contribution in [0, 0.1) is 56.7 Å². The van der Waals surface area contributed by atoms with E-state index < -0.39 is 11.7 Å². The highest BCUT2D eigenvalue weighted by atomic mass is 19.4. The van der Waals surface area contributed by atoms with Crippen LogP contribution in [0.4, 0.5) is 13.2 Å². The fourth-order valence-electron chi connectivity index (χ4n) is 10.7. The number of nitriles is 5. The lowest BCUT2D eigenvalue weighted by Crippen LogP contribution is -2.07. The molecule has 0 aliphatic carbocycles. The Labute approximate surface area is 433 Å². The van der Waals surface area contributed by atoms with Crippen LogP contribution in [0.25, 0.3) is 111 Å². The van der Waals surface area contributed by atoms with Gasteiger partial charge in [-0.25, -0.2) is 0 Å². The summed E-state index contributed by atoms with van der Waals surface area (Å²) in [6.07, 6.45) is -4.74. The van der Waals surface area contributed by atoms with Crippen LogP contribution >= 0.6 is 0 Å². The molecular formula is C66H34F3N7. The van der Waals surface area contributed by atoms with Crippen molar-refractivity contribution in [1.29, 1.82) is 26.3 Å². The normalized spacial score (nSPS) is 11.3. The first-order chi connectivity index (χ1) is 37.1. The van der Waals surface area contributed by atoms with Gasteiger partial charge in [-0.3, -0.25) is 0 Å². The molecule has 10 heteroatoms. The Morgan fingerprint density at radius 3 is 0.947 bits per heavy atom. The van der Waals surface area contributed by atoms with Gasteiger partial charge < -0.3 is 9.13 Å². The molecule has 12 rings (SSSR count). The number of fused-ring (bicyclic) bond motifs is 6. The van der Waals surface area contributed by atoms with Crippen molar-refractivity contribution in [3.05, 3.63) is 240 Å². The minimum Gasteiger partial charge on any atom is -0.308 e. The van der Waals surface area contributed by atoms with E-state index in [9.17, 15) is 26.3 Å². The summed E-state index contributed by atoms with van der Waals surface area (Å²) in [5, 5.41) is 55.5. The van der Waals surface area contributed by atoms with E-state index in [0.717, 1.165) is 33.7 Å². The van der Waals surface area contributed by atoms with Gasteiger partial charge >= 0.3 is 6.18 Å². The topological polar surface area (TPSA) is 129 Å². The van der Waals surface area contributed by atoms with Crippen molar-refractivity contribution >= 4 is 43.6 Å². The molecule has 0 aliphatic heterocycles. The lowest BCUT2D eigenvalue weighted by molar-refractivity contribution is -0.137. The third-order valence-electron chi connectivity index (χ3n) is 14.2. The van der Waals surface area contributed by atoms with Crippen molar-refractivity contribution in [2.24, 2.45) is 0 Å². The van der Waals surface area contributed by atoms with Crippen LogP contribution in [0.2, 0.25) is 0 Å². The highest BCUT2D eigenvalue weighted by Crippen LogP contribution is 2.46. The molecule has 0 spiro atoms. The van der Waals surface area contributed by atoms with Gasteiger partial charge in [0.25, 0.3) is 0 Å². The van der Waals surface area contributed by atoms with Gasteiger partial charge in [0, 0.05) is 27.1 Å². The number of aromatic nitrogens is 2. The molecule has 76 heavy (non-hydrogen) atoms. The monoisotopic (exact) mass is 981 g/mol. The van der Waals surface area contributed by atoms with Crippen molar-refractivity contribution < 1.29 is 13.2 Å². The van der Waals surface area contributed by atoms with Gasteiger partial charge in [-0.15, -0.1) is 0 Å². The van der Waals surface area contributed by atoms with E-state index in [0.29, 0.717) is 106 Å². The fourth-order valence-corrected chi connectivity index (χ4v) is 10.7. The third kappa shape index (κ3) is 7.57. The van der Waals surface area contributed by atoms with E-state index in [1.807, 2.05) is 130 Å². The summed E-state index contributed by atoms with van der Waals surface area (Å²) >= 11 is 0. The molecule has 0 atom stereocenters. The number of benzene rings is 10. The standard InChI is InChI=1S/C66H34F3N7/c67-66(68,69)50-15-9-14-45(30-50)65-63(75-59-31-41(51-16-5-1-10-46(51)36-71)20-24-55(59)56-25-21-42(32-60(56)75)52-17-6-2-11-47(52)37-72)28-40(35-70)29-64(65)76-61-33-43(53-18-7-3-12-48(53)38-73)22-26-57(61)58-27-23-44(34-62(58)76)54-19-8-4-13-49(54)39-74/h1-34H. The van der Waals surface area contributed by atoms with Crippen molar-refractivity contribution in [2.75, 3.05) is 0 Å². The molecule has 0 unspecified atom stereocenters. The van der Waals surface area contributed by atoms with E-state index in [2.05, 4.69) is 30.3 Å². The van der Waals surface area contributed by atoms with Crippen molar-refractivity contribution in [2.45, 2.75) is 6.18 Å². The molecule has 0 aliphatic rings. The largest absolute Gasteiger partial charge is 0.416 e. The van der Waals surface area contributed by atoms with Gasteiger partial charge in [0.1, 0.15) is 0 Å². The maximum atomic E-state index is 15.1. The van der Waals surface area contributed by atoms with Crippen molar-refractivity contribution in [1.82, 2.24) is 9.13 Å². The Balaban J connectivity index is 1.28. The summed E-state index contributed by atoms with van der Waals surface area (Å²) in [4.78, 5) is 0. The second-order valence-electron chi connectivity index (χ2n) is 18.3. The number of rotatable bonds is 7. The van der Waals surface area contributed by atoms with E-state index in [-0.39, 0.29) is 11.1 Å². The molecular weight excluding hydrogens is 948 g/mol. The number of nitrogens with zero attached hydrogens (tertiary/aromatic N) is 7. The van der Waals surface area contributed by atoms with Gasteiger partial charge in [-0.1, -0.05) is 133 Å². The lowest BCUT2D eigenvalue weighted by Gasteiger charge is -2.22. The summed E-state index contributed by atoms with van der Waals surface area (Å²) in [7, 11) is 0. The maximum absolute atomic E-state index is 15.1. The maximum Gasteiger partial charge on any atom is 0.416 e. The number of hydrogen-bond acceptors (Lipinski definition) is 5. The van der Waals surface area contributed by atoms with Crippen LogP contribution in [0.3, 0.4) is 0 Å². The summed E-state index contributed by atoms with van der Waals surface area (Å²) in [5.41, 5.74) is 10.4. The first-order valence-electron chi connectivity index (χ1n) is 24.0. The van der Waals surface area contributed by atoms with Crippen molar-refractivity contribution in [3.63, 3.8) is 0 Å². The molecule has 2 heterocycles. The highest BCUT2D eigenvalue weighted by molar-refractivity contribution is 6.14. The highest BCUT2D eigenvalue weighted by Gasteiger charge is 2.32. The van der Waals surface area contributed by atoms with E-state index in [1.54, 1.807) is 66.7 Å². The van der Waals surface area contributed by atoms with Gasteiger partial charge in [0.05, 0.1) is 97.2 Å². The summed E-state index contributed by atoms with van der Waals surface area (Å²) in [6, 6.07) is 72.6. The summed E-state index contributed by atoms with van der Waals surface area (Å²) in [6.45, 7) is 0. The zero-order valence-corrected chi connectivity index (χ0v) is 39.9. The van der Waals surface area contributed by atoms with Crippen LogP contribution in [0.5, 0.6) is 0 Å². The van der Waals surface area contributed by atoms with Crippen LogP contribution in [0.15, 0.2) is 206 Å². The number of hydrogen-bond donors (Lipinski definition) is 0. The minimum absolute atomic E-state index is 0.194. The molecule has 0 N–H and O–H groups in total. The van der Waals surface area contributed by atoms with E-state index in [1.165, 1.54) is 6.07 Å². The van der Waals surface area contributed by atoms with Crippen LogP contribution < -0.4 is 0 Å². The van der Waals surface area contributed by atoms with Crippen molar-refractivity contribution in [3.8, 4) is 97.4 Å². The Hall–Kier alpha value is -11.0. The van der Waals surface area contributed by atoms with E-state index >= 15 is 13.2 Å². The predicted molar refractivity (Wildman–Crippen MR) is 291 cm³/mol. The fraction of sp³-hybridized carbons (Fsp3) is 0.0152. The zero-order valence-electron chi connectivity index (χ0n) is 39.9. The Morgan fingerprint density at radius 1 is 0.316 bits per heavy atom. The van der Waals surface area contributed by atoms with Crippen LogP contribution in [0.1, 0.15) is 33.4 Å². The van der Waals surface area contributed by atoms with Gasteiger partial charge in [-0.2, -0.15) is 39.5 Å². The van der Waals surface area contributed by atoms with Crippen LogP contribution in [-0.4, -0.2) is 9.13 Å². The average Bonchev–Trinajstić information content (AvgIpc) is 4.11. The molecule has 0 saturated heterocycles. The summed E-state index contributed by atoms with van der Waals surface area (Å²) in [5.74, 6) is 0. The molecule has 0 amide bonds. The molecule has 10 aromatic carbocycles. The number of halogens is 3. The molecule has 12 aromatic rings. The smallest absolute Gasteiger partial charge is 0.308 e. The molecule has 354 valence electrons. The minimum atomic E-state index is -4.74. The van der Waals surface area contributed by atoms with E-state index in [4.69, 9.17) is 0 Å². The average molecular weight is 982 g/mol. The molecule has 0 fully saturated rings. The Morgan fingerprint density at radius 2 is 0.645 bits per heavy atom. The zero-order chi connectivity index (χ0) is 52.2.